The molecule has 0 N–H and O–H groups in total. The summed E-state index contributed by atoms with van der Waals surface area (Å²) in [7, 11) is -8.72. The Bertz CT molecular complexity index is 901. The van der Waals surface area contributed by atoms with Crippen LogP contribution in [0, 0.1) is 0 Å². The number of hydrogen-bond acceptors (Lipinski definition) is 5. The molecule has 0 aromatic heterocycles. The first kappa shape index (κ1) is 20.5. The van der Waals surface area contributed by atoms with Gasteiger partial charge in [0.2, 0.25) is 15.4 Å². The average Bonchev–Trinajstić information content (AvgIpc) is 2.63. The van der Waals surface area contributed by atoms with Gasteiger partial charge < -0.3 is 9.05 Å². The molecule has 26 heavy (non-hydrogen) atoms. The number of sulfone groups is 1. The van der Waals surface area contributed by atoms with Gasteiger partial charge in [-0.2, -0.15) is 4.39 Å². The van der Waals surface area contributed by atoms with E-state index in [2.05, 4.69) is 0 Å². The summed E-state index contributed by atoms with van der Waals surface area (Å²) in [5, 5.41) is 0. The topological polar surface area (TPSA) is 69.7 Å². The zero-order valence-corrected chi connectivity index (χ0v) is 16.2. The van der Waals surface area contributed by atoms with Crippen molar-refractivity contribution in [1.29, 1.82) is 0 Å². The van der Waals surface area contributed by atoms with Crippen molar-refractivity contribution in [1.82, 2.24) is 0 Å². The zero-order valence-electron chi connectivity index (χ0n) is 14.5. The molecular weight excluding hydrogens is 378 g/mol. The van der Waals surface area contributed by atoms with Crippen LogP contribution in [-0.2, 0) is 23.4 Å². The molecule has 0 bridgehead atoms. The van der Waals surface area contributed by atoms with Gasteiger partial charge in [-0.15, -0.1) is 0 Å². The van der Waals surface area contributed by atoms with Crippen LogP contribution < -0.4 is 0 Å². The monoisotopic (exact) mass is 398 g/mol. The van der Waals surface area contributed by atoms with E-state index in [0.717, 1.165) is 0 Å². The Labute approximate surface area is 152 Å². The molecule has 0 heterocycles. The minimum absolute atomic E-state index is 0.0634. The lowest BCUT2D eigenvalue weighted by Crippen LogP contribution is -2.08. The highest BCUT2D eigenvalue weighted by Crippen LogP contribution is 2.60. The van der Waals surface area contributed by atoms with E-state index in [9.17, 15) is 13.0 Å². The lowest BCUT2D eigenvalue weighted by molar-refractivity contribution is 0.220. The second kappa shape index (κ2) is 8.73. The molecule has 0 amide bonds. The van der Waals surface area contributed by atoms with Crippen molar-refractivity contribution in [3.8, 4) is 0 Å². The zero-order chi connectivity index (χ0) is 19.2. The van der Waals surface area contributed by atoms with Gasteiger partial charge in [0.05, 0.1) is 18.1 Å². The van der Waals surface area contributed by atoms with Crippen LogP contribution >= 0.6 is 7.60 Å². The largest absolute Gasteiger partial charge is 0.390 e. The van der Waals surface area contributed by atoms with E-state index in [1.807, 2.05) is 0 Å². The van der Waals surface area contributed by atoms with E-state index in [-0.39, 0.29) is 23.7 Å². The second-order valence-corrected chi connectivity index (χ2v) is 8.93. The van der Waals surface area contributed by atoms with Gasteiger partial charge >= 0.3 is 7.60 Å². The second-order valence-electron chi connectivity index (χ2n) is 5.14. The molecule has 2 aromatic carbocycles. The third-order valence-corrected chi connectivity index (χ3v) is 7.28. The van der Waals surface area contributed by atoms with Gasteiger partial charge in [0.15, 0.2) is 0 Å². The summed E-state index contributed by atoms with van der Waals surface area (Å²) >= 11 is 0. The summed E-state index contributed by atoms with van der Waals surface area (Å²) in [5.74, 6) is 0. The Kier molecular flexibility index (Phi) is 6.89. The molecule has 0 unspecified atom stereocenters. The van der Waals surface area contributed by atoms with Crippen molar-refractivity contribution in [2.24, 2.45) is 0 Å². The molecule has 0 saturated heterocycles. The van der Waals surface area contributed by atoms with Gasteiger partial charge in [0.1, 0.15) is 4.91 Å². The van der Waals surface area contributed by atoms with Crippen molar-refractivity contribution in [3.05, 3.63) is 71.8 Å². The van der Waals surface area contributed by atoms with Crippen LogP contribution in [0.2, 0.25) is 0 Å². The van der Waals surface area contributed by atoms with Gasteiger partial charge in [0, 0.05) is 0 Å². The minimum Gasteiger partial charge on any atom is -0.304 e. The summed E-state index contributed by atoms with van der Waals surface area (Å²) in [5.41, 5.74) is -1.36. The maximum Gasteiger partial charge on any atom is 0.390 e. The molecule has 140 valence electrons. The number of halogens is 1. The Morgan fingerprint density at radius 2 is 1.38 bits per heavy atom. The molecule has 5 nitrogen and oxygen atoms in total. The van der Waals surface area contributed by atoms with Crippen LogP contribution in [0.25, 0.3) is 4.91 Å². The highest BCUT2D eigenvalue weighted by molar-refractivity contribution is 8.01. The Morgan fingerprint density at radius 3 is 1.85 bits per heavy atom. The number of benzene rings is 2. The van der Waals surface area contributed by atoms with Gasteiger partial charge in [-0.1, -0.05) is 48.5 Å². The lowest BCUT2D eigenvalue weighted by Gasteiger charge is -2.18. The molecule has 0 fully saturated rings. The normalized spacial score (nSPS) is 13.3. The van der Waals surface area contributed by atoms with Gasteiger partial charge in [0.25, 0.3) is 0 Å². The maximum absolute atomic E-state index is 15.3. The van der Waals surface area contributed by atoms with Crippen molar-refractivity contribution in [2.45, 2.75) is 18.7 Å². The summed E-state index contributed by atoms with van der Waals surface area (Å²) in [6.07, 6.45) is 0. The molecular formula is C18H20FO5PS. The molecule has 0 spiro atoms. The Hall–Kier alpha value is -1.79. The van der Waals surface area contributed by atoms with Crippen LogP contribution in [0.15, 0.2) is 71.1 Å². The third-order valence-electron chi connectivity index (χ3n) is 3.38. The van der Waals surface area contributed by atoms with Gasteiger partial charge in [-0.05, 0) is 31.5 Å². The predicted octanol–water partition coefficient (Wildman–Crippen LogP) is 5.02. The van der Waals surface area contributed by atoms with Crippen molar-refractivity contribution < 1.29 is 26.4 Å². The Balaban J connectivity index is 2.79. The molecule has 8 heteroatoms. The van der Waals surface area contributed by atoms with E-state index in [1.165, 1.54) is 50.2 Å². The molecule has 0 saturated carbocycles. The molecule has 0 atom stereocenters. The van der Waals surface area contributed by atoms with Gasteiger partial charge in [-0.25, -0.2) is 8.42 Å². The quantitative estimate of drug-likeness (QED) is 0.584. The summed E-state index contributed by atoms with van der Waals surface area (Å²) in [6.45, 7) is 2.84. The van der Waals surface area contributed by atoms with E-state index in [1.54, 1.807) is 24.3 Å². The number of rotatable bonds is 8. The molecule has 2 aromatic rings. The molecule has 2 rings (SSSR count). The minimum atomic E-state index is -4.42. The van der Waals surface area contributed by atoms with Crippen LogP contribution in [0.5, 0.6) is 0 Å². The van der Waals surface area contributed by atoms with Gasteiger partial charge in [-0.3, -0.25) is 4.57 Å². The molecule has 0 aliphatic carbocycles. The van der Waals surface area contributed by atoms with Crippen molar-refractivity contribution >= 4 is 22.3 Å². The third kappa shape index (κ3) is 4.30. The van der Waals surface area contributed by atoms with Crippen molar-refractivity contribution in [3.63, 3.8) is 0 Å². The van der Waals surface area contributed by atoms with E-state index in [0.29, 0.717) is 0 Å². The molecule has 0 aliphatic rings. The van der Waals surface area contributed by atoms with E-state index >= 15 is 4.39 Å². The smallest absolute Gasteiger partial charge is 0.304 e. The fraction of sp³-hybridized carbons (Fsp3) is 0.222. The van der Waals surface area contributed by atoms with Crippen LogP contribution in [0.1, 0.15) is 19.4 Å². The summed E-state index contributed by atoms with van der Waals surface area (Å²) in [6, 6.07) is 15.0. The van der Waals surface area contributed by atoms with Crippen LogP contribution in [0.3, 0.4) is 0 Å². The van der Waals surface area contributed by atoms with E-state index < -0.39 is 27.9 Å². The first-order chi connectivity index (χ1) is 12.4. The fourth-order valence-electron chi connectivity index (χ4n) is 2.31. The molecule has 0 aliphatic heterocycles. The summed E-state index contributed by atoms with van der Waals surface area (Å²) < 4.78 is 64.4. The van der Waals surface area contributed by atoms with E-state index in [4.69, 9.17) is 9.05 Å². The highest BCUT2D eigenvalue weighted by atomic mass is 32.2. The lowest BCUT2D eigenvalue weighted by atomic mass is 10.2. The first-order valence-electron chi connectivity index (χ1n) is 8.01. The van der Waals surface area contributed by atoms with Crippen LogP contribution in [-0.4, -0.2) is 21.6 Å². The summed E-state index contributed by atoms with van der Waals surface area (Å²) in [4.78, 5) is -0.830. The fourth-order valence-corrected chi connectivity index (χ4v) is 5.78. The highest BCUT2D eigenvalue weighted by Gasteiger charge is 2.39. The maximum atomic E-state index is 15.3. The predicted molar refractivity (Wildman–Crippen MR) is 99.0 cm³/mol. The first-order valence-corrected chi connectivity index (χ1v) is 11.0. The van der Waals surface area contributed by atoms with Crippen LogP contribution in [0.4, 0.5) is 4.39 Å². The Morgan fingerprint density at radius 1 is 0.923 bits per heavy atom. The average molecular weight is 398 g/mol. The standard InChI is InChI=1S/C18H20FO5PS/c1-3-23-25(20,24-4-2)18(19)17(15-11-7-5-8-12-15)26(21,22)16-13-9-6-10-14-16/h5-14H,3-4H2,1-2H3/b18-17-. The molecule has 0 radical (unpaired) electrons. The SMILES string of the molecule is CCOP(=O)(OCC)/C(F)=C(/c1ccccc1)S(=O)(=O)c1ccccc1. The number of hydrogen-bond donors (Lipinski definition) is 0. The van der Waals surface area contributed by atoms with Crippen molar-refractivity contribution in [2.75, 3.05) is 13.2 Å².